The van der Waals surface area contributed by atoms with Crippen LogP contribution in [0.3, 0.4) is 0 Å². The van der Waals surface area contributed by atoms with E-state index in [1.54, 1.807) is 0 Å². The lowest BCUT2D eigenvalue weighted by Gasteiger charge is -2.22. The molecule has 8 heavy (non-hydrogen) atoms. The summed E-state index contributed by atoms with van der Waals surface area (Å²) in [6.07, 6.45) is 2.81. The predicted octanol–water partition coefficient (Wildman–Crippen LogP) is 0.282. The lowest BCUT2D eigenvalue weighted by molar-refractivity contribution is -0.00865. The average molecular weight is 116 g/mol. The van der Waals surface area contributed by atoms with Crippen molar-refractivity contribution >= 4 is 0 Å². The Labute approximate surface area is 49.1 Å². The van der Waals surface area contributed by atoms with Gasteiger partial charge in [0.15, 0.2) is 0 Å². The lowest BCUT2D eigenvalue weighted by Crippen LogP contribution is -2.28. The third-order valence-electron chi connectivity index (χ3n) is 1.69. The van der Waals surface area contributed by atoms with Gasteiger partial charge in [0.25, 0.3) is 0 Å². The third-order valence-corrected chi connectivity index (χ3v) is 1.69. The quantitative estimate of drug-likeness (QED) is 0.477. The van der Waals surface area contributed by atoms with Gasteiger partial charge in [0, 0.05) is 0 Å². The molecule has 0 aliphatic heterocycles. The molecule has 0 aromatic rings. The van der Waals surface area contributed by atoms with E-state index in [9.17, 15) is 0 Å². The number of aliphatic hydroxyl groups is 2. The first kappa shape index (κ1) is 6.05. The maximum atomic E-state index is 8.93. The van der Waals surface area contributed by atoms with E-state index in [2.05, 4.69) is 0 Å². The molecule has 1 rings (SSSR count). The first-order valence-electron chi connectivity index (χ1n) is 3.17. The fourth-order valence-electron chi connectivity index (χ4n) is 1.09. The molecule has 1 saturated carbocycles. The van der Waals surface area contributed by atoms with E-state index in [0.717, 1.165) is 25.7 Å². The summed E-state index contributed by atoms with van der Waals surface area (Å²) in [4.78, 5) is 0. The Balaban J connectivity index is 2.28. The Morgan fingerprint density at radius 3 is 1.50 bits per heavy atom. The van der Waals surface area contributed by atoms with Crippen LogP contribution in [0.15, 0.2) is 0 Å². The summed E-state index contributed by atoms with van der Waals surface area (Å²) in [7, 11) is 0. The maximum absolute atomic E-state index is 8.93. The summed E-state index contributed by atoms with van der Waals surface area (Å²) < 4.78 is 0. The Morgan fingerprint density at radius 1 is 0.875 bits per heavy atom. The molecule has 1 fully saturated rings. The largest absolute Gasteiger partial charge is 0.390 e. The van der Waals surface area contributed by atoms with Crippen molar-refractivity contribution in [2.24, 2.45) is 0 Å². The SMILES string of the molecule is OC1CCCC[C@@H]1O. The van der Waals surface area contributed by atoms with Crippen molar-refractivity contribution in [3.05, 3.63) is 0 Å². The van der Waals surface area contributed by atoms with Gasteiger partial charge in [0.2, 0.25) is 0 Å². The predicted molar refractivity (Wildman–Crippen MR) is 30.5 cm³/mol. The second kappa shape index (κ2) is 2.46. The summed E-state index contributed by atoms with van der Waals surface area (Å²) >= 11 is 0. The minimum atomic E-state index is -0.441. The highest BCUT2D eigenvalue weighted by molar-refractivity contribution is 4.72. The van der Waals surface area contributed by atoms with E-state index in [1.807, 2.05) is 0 Å². The van der Waals surface area contributed by atoms with Crippen LogP contribution in [0.1, 0.15) is 25.7 Å². The molecule has 1 aliphatic carbocycles. The van der Waals surface area contributed by atoms with Gasteiger partial charge in [0.1, 0.15) is 0 Å². The van der Waals surface area contributed by atoms with E-state index in [4.69, 9.17) is 10.2 Å². The number of hydrogen-bond donors (Lipinski definition) is 2. The fourth-order valence-corrected chi connectivity index (χ4v) is 1.09. The van der Waals surface area contributed by atoms with Gasteiger partial charge in [-0.2, -0.15) is 0 Å². The van der Waals surface area contributed by atoms with E-state index < -0.39 is 12.2 Å². The molecule has 48 valence electrons. The summed E-state index contributed by atoms with van der Waals surface area (Å²) in [6, 6.07) is 0. The highest BCUT2D eigenvalue weighted by atomic mass is 16.3. The molecule has 0 spiro atoms. The Bertz CT molecular complexity index is 62.9. The normalized spacial score (nSPS) is 39.8. The molecule has 1 unspecified atom stereocenters. The standard InChI is InChI=1S/C6H12O2/c7-5-3-1-2-4-6(5)8/h5-8H,1-4H2/t5-,6?/m0/s1. The molecular formula is C6H12O2. The van der Waals surface area contributed by atoms with E-state index >= 15 is 0 Å². The van der Waals surface area contributed by atoms with Crippen molar-refractivity contribution in [2.75, 3.05) is 0 Å². The fraction of sp³-hybridized carbons (Fsp3) is 1.00. The highest BCUT2D eigenvalue weighted by Gasteiger charge is 2.19. The minimum absolute atomic E-state index is 0.441. The molecule has 0 heterocycles. The van der Waals surface area contributed by atoms with Crippen molar-refractivity contribution in [2.45, 2.75) is 37.9 Å². The zero-order valence-corrected chi connectivity index (χ0v) is 4.88. The van der Waals surface area contributed by atoms with Crippen LogP contribution < -0.4 is 0 Å². The van der Waals surface area contributed by atoms with Gasteiger partial charge in [-0.05, 0) is 12.8 Å². The van der Waals surface area contributed by atoms with Crippen LogP contribution in [0.5, 0.6) is 0 Å². The molecule has 1 aliphatic rings. The molecule has 0 aromatic carbocycles. The van der Waals surface area contributed by atoms with Crippen LogP contribution >= 0.6 is 0 Å². The molecule has 2 atom stereocenters. The van der Waals surface area contributed by atoms with Gasteiger partial charge < -0.3 is 10.2 Å². The molecule has 0 saturated heterocycles. The third kappa shape index (κ3) is 1.20. The van der Waals surface area contributed by atoms with Crippen molar-refractivity contribution in [1.29, 1.82) is 0 Å². The van der Waals surface area contributed by atoms with Gasteiger partial charge in [0.05, 0.1) is 12.2 Å². The van der Waals surface area contributed by atoms with Gasteiger partial charge in [-0.3, -0.25) is 0 Å². The molecule has 0 aromatic heterocycles. The van der Waals surface area contributed by atoms with Gasteiger partial charge in [-0.15, -0.1) is 0 Å². The molecule has 0 bridgehead atoms. The molecule has 2 N–H and O–H groups in total. The van der Waals surface area contributed by atoms with E-state index in [0.29, 0.717) is 0 Å². The second-order valence-electron chi connectivity index (χ2n) is 2.42. The summed E-state index contributed by atoms with van der Waals surface area (Å²) in [6.45, 7) is 0. The highest BCUT2D eigenvalue weighted by Crippen LogP contribution is 2.17. The lowest BCUT2D eigenvalue weighted by atomic mass is 9.95. The zero-order valence-electron chi connectivity index (χ0n) is 4.88. The van der Waals surface area contributed by atoms with E-state index in [1.165, 1.54) is 0 Å². The van der Waals surface area contributed by atoms with Crippen LogP contribution in [0.4, 0.5) is 0 Å². The first-order chi connectivity index (χ1) is 3.80. The monoisotopic (exact) mass is 116 g/mol. The molecule has 2 nitrogen and oxygen atoms in total. The first-order valence-corrected chi connectivity index (χ1v) is 3.17. The maximum Gasteiger partial charge on any atom is 0.0799 e. The van der Waals surface area contributed by atoms with Crippen LogP contribution in [0, 0.1) is 0 Å². The molecule has 2 heteroatoms. The van der Waals surface area contributed by atoms with Crippen LogP contribution in [-0.2, 0) is 0 Å². The van der Waals surface area contributed by atoms with Gasteiger partial charge in [-0.1, -0.05) is 12.8 Å². The molecular weight excluding hydrogens is 104 g/mol. The summed E-state index contributed by atoms with van der Waals surface area (Å²) in [5, 5.41) is 17.9. The number of aliphatic hydroxyl groups excluding tert-OH is 2. The number of rotatable bonds is 0. The average Bonchev–Trinajstić information content (AvgIpc) is 1.77. The Morgan fingerprint density at radius 2 is 1.25 bits per heavy atom. The smallest absolute Gasteiger partial charge is 0.0799 e. The Kier molecular flexibility index (Phi) is 1.86. The minimum Gasteiger partial charge on any atom is -0.390 e. The number of hydrogen-bond acceptors (Lipinski definition) is 2. The van der Waals surface area contributed by atoms with Gasteiger partial charge >= 0.3 is 0 Å². The summed E-state index contributed by atoms with van der Waals surface area (Å²) in [5.41, 5.74) is 0. The van der Waals surface area contributed by atoms with Crippen LogP contribution in [0.25, 0.3) is 0 Å². The topological polar surface area (TPSA) is 40.5 Å². The van der Waals surface area contributed by atoms with E-state index in [-0.39, 0.29) is 0 Å². The van der Waals surface area contributed by atoms with Crippen molar-refractivity contribution < 1.29 is 10.2 Å². The molecule has 0 amide bonds. The van der Waals surface area contributed by atoms with Crippen molar-refractivity contribution in [3.8, 4) is 0 Å². The molecule has 0 radical (unpaired) electrons. The van der Waals surface area contributed by atoms with Crippen molar-refractivity contribution in [3.63, 3.8) is 0 Å². The second-order valence-corrected chi connectivity index (χ2v) is 2.42. The zero-order chi connectivity index (χ0) is 5.98. The Hall–Kier alpha value is -0.0800. The van der Waals surface area contributed by atoms with Crippen molar-refractivity contribution in [1.82, 2.24) is 0 Å². The summed E-state index contributed by atoms with van der Waals surface area (Å²) in [5.74, 6) is 0. The van der Waals surface area contributed by atoms with Crippen LogP contribution in [0.2, 0.25) is 0 Å². The van der Waals surface area contributed by atoms with Gasteiger partial charge in [-0.25, -0.2) is 0 Å². The van der Waals surface area contributed by atoms with Crippen LogP contribution in [-0.4, -0.2) is 22.4 Å².